The van der Waals surface area contributed by atoms with Crippen LogP contribution < -0.4 is 10.0 Å². The molecule has 2 unspecified atom stereocenters. The molecule has 2 atom stereocenters. The Bertz CT molecular complexity index is 584. The molecule has 1 fully saturated rings. The lowest BCUT2D eigenvalue weighted by Gasteiger charge is -2.30. The molecule has 0 amide bonds. The first-order chi connectivity index (χ1) is 9.31. The number of sulfonamides is 1. The number of hydrogen-bond donors (Lipinski definition) is 2. The number of halogens is 3. The van der Waals surface area contributed by atoms with Crippen LogP contribution in [-0.4, -0.2) is 27.5 Å². The van der Waals surface area contributed by atoms with Crippen LogP contribution in [0.5, 0.6) is 0 Å². The van der Waals surface area contributed by atoms with Crippen molar-refractivity contribution in [2.24, 2.45) is 5.92 Å². The van der Waals surface area contributed by atoms with Gasteiger partial charge < -0.3 is 5.32 Å². The van der Waals surface area contributed by atoms with Crippen molar-refractivity contribution in [3.8, 4) is 0 Å². The van der Waals surface area contributed by atoms with Gasteiger partial charge in [-0.2, -0.15) is 0 Å². The average molecular weight is 358 g/mol. The molecule has 0 bridgehead atoms. The van der Waals surface area contributed by atoms with E-state index in [0.717, 1.165) is 13.0 Å². The fraction of sp³-hybridized carbons (Fsp3) is 0.500. The minimum Gasteiger partial charge on any atom is -0.315 e. The van der Waals surface area contributed by atoms with E-state index in [-0.39, 0.29) is 26.9 Å². The van der Waals surface area contributed by atoms with E-state index in [9.17, 15) is 8.42 Å². The molecule has 8 heteroatoms. The highest BCUT2D eigenvalue weighted by Gasteiger charge is 2.29. The van der Waals surface area contributed by atoms with Crippen molar-refractivity contribution in [2.45, 2.75) is 24.3 Å². The third-order valence-electron chi connectivity index (χ3n) is 3.37. The molecule has 1 heterocycles. The van der Waals surface area contributed by atoms with Gasteiger partial charge in [-0.05, 0) is 31.0 Å². The van der Waals surface area contributed by atoms with Gasteiger partial charge >= 0.3 is 0 Å². The standard InChI is InChI=1S/C12H15Cl3N2O2S/c1-7-2-3-16-6-11(7)17-20(18,19)12-9(14)4-8(13)5-10(12)15/h4-5,7,11,16-17H,2-3,6H2,1H3. The van der Waals surface area contributed by atoms with Crippen LogP contribution in [0.1, 0.15) is 13.3 Å². The first-order valence-corrected chi connectivity index (χ1v) is 8.80. The van der Waals surface area contributed by atoms with Crippen LogP contribution in [0, 0.1) is 5.92 Å². The Kier molecular flexibility index (Phi) is 5.21. The number of hydrogen-bond acceptors (Lipinski definition) is 3. The van der Waals surface area contributed by atoms with Crippen LogP contribution >= 0.6 is 34.8 Å². The second-order valence-corrected chi connectivity index (χ2v) is 7.80. The number of rotatable bonds is 3. The highest BCUT2D eigenvalue weighted by atomic mass is 35.5. The average Bonchev–Trinajstić information content (AvgIpc) is 2.30. The maximum atomic E-state index is 12.4. The number of nitrogens with one attached hydrogen (secondary N) is 2. The van der Waals surface area contributed by atoms with Crippen molar-refractivity contribution in [3.05, 3.63) is 27.2 Å². The lowest BCUT2D eigenvalue weighted by molar-refractivity contribution is 0.327. The van der Waals surface area contributed by atoms with E-state index in [2.05, 4.69) is 10.0 Å². The van der Waals surface area contributed by atoms with Gasteiger partial charge in [0, 0.05) is 17.6 Å². The summed E-state index contributed by atoms with van der Waals surface area (Å²) in [6, 6.07) is 2.55. The molecular formula is C12H15Cl3N2O2S. The highest BCUT2D eigenvalue weighted by Crippen LogP contribution is 2.33. The van der Waals surface area contributed by atoms with Gasteiger partial charge in [-0.15, -0.1) is 0 Å². The molecule has 112 valence electrons. The lowest BCUT2D eigenvalue weighted by atomic mass is 9.96. The molecule has 0 saturated carbocycles. The van der Waals surface area contributed by atoms with Crippen molar-refractivity contribution < 1.29 is 8.42 Å². The van der Waals surface area contributed by atoms with E-state index in [0.29, 0.717) is 11.6 Å². The van der Waals surface area contributed by atoms with Gasteiger partial charge in [-0.3, -0.25) is 0 Å². The van der Waals surface area contributed by atoms with Crippen LogP contribution in [0.25, 0.3) is 0 Å². The maximum Gasteiger partial charge on any atom is 0.243 e. The molecule has 2 rings (SSSR count). The third-order valence-corrected chi connectivity index (χ3v) is 5.99. The predicted octanol–water partition coefficient (Wildman–Crippen LogP) is 2.92. The number of benzene rings is 1. The van der Waals surface area contributed by atoms with Crippen LogP contribution in [-0.2, 0) is 10.0 Å². The van der Waals surface area contributed by atoms with Crippen molar-refractivity contribution in [3.63, 3.8) is 0 Å². The van der Waals surface area contributed by atoms with Crippen LogP contribution in [0.15, 0.2) is 17.0 Å². The minimum absolute atomic E-state index is 0.0198. The van der Waals surface area contributed by atoms with Crippen molar-refractivity contribution >= 4 is 44.8 Å². The summed E-state index contributed by atoms with van der Waals surface area (Å²) < 4.78 is 27.6. The summed E-state index contributed by atoms with van der Waals surface area (Å²) in [5.74, 6) is 0.246. The van der Waals surface area contributed by atoms with Gasteiger partial charge in [0.2, 0.25) is 10.0 Å². The molecule has 0 aromatic heterocycles. The summed E-state index contributed by atoms with van der Waals surface area (Å²) >= 11 is 17.7. The molecule has 1 saturated heterocycles. The summed E-state index contributed by atoms with van der Waals surface area (Å²) in [6.07, 6.45) is 0.912. The first-order valence-electron chi connectivity index (χ1n) is 6.19. The SMILES string of the molecule is CC1CCNCC1NS(=O)(=O)c1c(Cl)cc(Cl)cc1Cl. The Morgan fingerprint density at radius 2 is 1.85 bits per heavy atom. The monoisotopic (exact) mass is 356 g/mol. The molecule has 20 heavy (non-hydrogen) atoms. The fourth-order valence-electron chi connectivity index (χ4n) is 2.19. The van der Waals surface area contributed by atoms with E-state index in [1.807, 2.05) is 6.92 Å². The molecule has 1 aliphatic heterocycles. The molecule has 1 aliphatic rings. The lowest BCUT2D eigenvalue weighted by Crippen LogP contribution is -2.50. The van der Waals surface area contributed by atoms with Gasteiger partial charge in [-0.1, -0.05) is 41.7 Å². The summed E-state index contributed by atoms with van der Waals surface area (Å²) in [6.45, 7) is 3.49. The summed E-state index contributed by atoms with van der Waals surface area (Å²) in [5.41, 5.74) is 0. The Balaban J connectivity index is 2.31. The van der Waals surface area contributed by atoms with Crippen molar-refractivity contribution in [2.75, 3.05) is 13.1 Å². The maximum absolute atomic E-state index is 12.4. The van der Waals surface area contributed by atoms with Crippen LogP contribution in [0.2, 0.25) is 15.1 Å². The van der Waals surface area contributed by atoms with Gasteiger partial charge in [0.1, 0.15) is 4.90 Å². The van der Waals surface area contributed by atoms with Crippen LogP contribution in [0.4, 0.5) is 0 Å². The second-order valence-electron chi connectivity index (χ2n) is 4.90. The highest BCUT2D eigenvalue weighted by molar-refractivity contribution is 7.89. The molecular weight excluding hydrogens is 343 g/mol. The topological polar surface area (TPSA) is 58.2 Å². The molecule has 1 aromatic carbocycles. The quantitative estimate of drug-likeness (QED) is 0.874. The molecule has 0 radical (unpaired) electrons. The summed E-state index contributed by atoms with van der Waals surface area (Å²) in [4.78, 5) is -0.122. The number of piperidine rings is 1. The van der Waals surface area contributed by atoms with Gasteiger partial charge in [0.25, 0.3) is 0 Å². The molecule has 0 spiro atoms. The molecule has 4 nitrogen and oxygen atoms in total. The Hall–Kier alpha value is -0.0400. The zero-order valence-corrected chi connectivity index (χ0v) is 13.9. The third kappa shape index (κ3) is 3.59. The molecule has 0 aliphatic carbocycles. The Morgan fingerprint density at radius 1 is 1.25 bits per heavy atom. The van der Waals surface area contributed by atoms with E-state index in [1.54, 1.807) is 0 Å². The predicted molar refractivity (Wildman–Crippen MR) is 82.2 cm³/mol. The summed E-state index contributed by atoms with van der Waals surface area (Å²) in [7, 11) is -3.78. The van der Waals surface area contributed by atoms with E-state index < -0.39 is 10.0 Å². The van der Waals surface area contributed by atoms with Crippen molar-refractivity contribution in [1.29, 1.82) is 0 Å². The molecule has 1 aromatic rings. The zero-order chi connectivity index (χ0) is 14.9. The van der Waals surface area contributed by atoms with Gasteiger partial charge in [-0.25, -0.2) is 13.1 Å². The Labute approximate surface area is 133 Å². The van der Waals surface area contributed by atoms with Gasteiger partial charge in [0.15, 0.2) is 0 Å². The van der Waals surface area contributed by atoms with Gasteiger partial charge in [0.05, 0.1) is 10.0 Å². The zero-order valence-electron chi connectivity index (χ0n) is 10.8. The normalized spacial score (nSPS) is 23.8. The fourth-order valence-corrected chi connectivity index (χ4v) is 5.08. The summed E-state index contributed by atoms with van der Waals surface area (Å²) in [5, 5.41) is 3.50. The Morgan fingerprint density at radius 3 is 2.40 bits per heavy atom. The van der Waals surface area contributed by atoms with E-state index in [1.165, 1.54) is 12.1 Å². The van der Waals surface area contributed by atoms with Crippen LogP contribution in [0.3, 0.4) is 0 Å². The van der Waals surface area contributed by atoms with E-state index >= 15 is 0 Å². The first kappa shape index (κ1) is 16.3. The van der Waals surface area contributed by atoms with Crippen molar-refractivity contribution in [1.82, 2.24) is 10.0 Å². The van der Waals surface area contributed by atoms with E-state index in [4.69, 9.17) is 34.8 Å². The smallest absolute Gasteiger partial charge is 0.243 e. The largest absolute Gasteiger partial charge is 0.315 e. The minimum atomic E-state index is -3.78. The molecule has 2 N–H and O–H groups in total. The second kappa shape index (κ2) is 6.38.